The first-order valence-electron chi connectivity index (χ1n) is 6.65. The molecule has 0 atom stereocenters. The van der Waals surface area contributed by atoms with Gasteiger partial charge in [-0.2, -0.15) is 4.98 Å². The van der Waals surface area contributed by atoms with E-state index in [4.69, 9.17) is 0 Å². The highest BCUT2D eigenvalue weighted by atomic mass is 16.3. The summed E-state index contributed by atoms with van der Waals surface area (Å²) in [4.78, 5) is 10.8. The van der Waals surface area contributed by atoms with Crippen LogP contribution in [0.25, 0.3) is 0 Å². The molecule has 2 N–H and O–H groups in total. The topological polar surface area (TPSA) is 61.3 Å². The summed E-state index contributed by atoms with van der Waals surface area (Å²) in [5.41, 5.74) is 2.18. The molecule has 1 heterocycles. The Morgan fingerprint density at radius 1 is 1.25 bits per heavy atom. The number of aryl methyl sites for hydroxylation is 1. The van der Waals surface area contributed by atoms with Gasteiger partial charge in [0.2, 0.25) is 5.95 Å². The van der Waals surface area contributed by atoms with Gasteiger partial charge in [-0.3, -0.25) is 0 Å². The molecular weight excluding hydrogens is 252 g/mol. The summed E-state index contributed by atoms with van der Waals surface area (Å²) in [5.74, 6) is 1.43. The van der Waals surface area contributed by atoms with Crippen LogP contribution in [0.3, 0.4) is 0 Å². The Labute approximate surface area is 119 Å². The maximum absolute atomic E-state index is 9.29. The highest BCUT2D eigenvalue weighted by Crippen LogP contribution is 2.20. The lowest BCUT2D eigenvalue weighted by Gasteiger charge is -2.24. The molecule has 0 aliphatic carbocycles. The second-order valence-corrected chi connectivity index (χ2v) is 4.58. The largest absolute Gasteiger partial charge is 0.395 e. The van der Waals surface area contributed by atoms with Crippen molar-refractivity contribution in [3.05, 3.63) is 47.7 Å². The van der Waals surface area contributed by atoms with Gasteiger partial charge in [0.25, 0.3) is 0 Å². The van der Waals surface area contributed by atoms with Crippen molar-refractivity contribution in [2.75, 3.05) is 30.4 Å². The standard InChI is InChI=1S/C15H20N4O/c1-12-10-17-15(16-2)18-14(12)19(8-9-20)11-13-6-4-3-5-7-13/h3-7,10,20H,8-9,11H2,1-2H3,(H,16,17,18). The van der Waals surface area contributed by atoms with E-state index in [9.17, 15) is 5.11 Å². The molecule has 0 saturated carbocycles. The zero-order chi connectivity index (χ0) is 14.4. The molecule has 5 nitrogen and oxygen atoms in total. The highest BCUT2D eigenvalue weighted by Gasteiger charge is 2.12. The van der Waals surface area contributed by atoms with E-state index in [-0.39, 0.29) is 6.61 Å². The lowest BCUT2D eigenvalue weighted by Crippen LogP contribution is -2.28. The van der Waals surface area contributed by atoms with Crippen molar-refractivity contribution in [2.45, 2.75) is 13.5 Å². The van der Waals surface area contributed by atoms with E-state index >= 15 is 0 Å². The van der Waals surface area contributed by atoms with Gasteiger partial charge in [0, 0.05) is 31.9 Å². The van der Waals surface area contributed by atoms with E-state index in [0.717, 1.165) is 11.4 Å². The molecule has 2 aromatic rings. The zero-order valence-corrected chi connectivity index (χ0v) is 11.9. The predicted molar refractivity (Wildman–Crippen MR) is 80.9 cm³/mol. The number of aromatic nitrogens is 2. The maximum atomic E-state index is 9.29. The molecular formula is C15H20N4O. The number of nitrogens with zero attached hydrogens (tertiary/aromatic N) is 3. The molecule has 0 saturated heterocycles. The van der Waals surface area contributed by atoms with Crippen molar-refractivity contribution >= 4 is 11.8 Å². The summed E-state index contributed by atoms with van der Waals surface area (Å²) in [6.45, 7) is 3.31. The maximum Gasteiger partial charge on any atom is 0.224 e. The third kappa shape index (κ3) is 3.45. The van der Waals surface area contributed by atoms with E-state index in [1.165, 1.54) is 5.56 Å². The van der Waals surface area contributed by atoms with Crippen LogP contribution in [0.1, 0.15) is 11.1 Å². The molecule has 5 heteroatoms. The number of anilines is 2. The number of hydrogen-bond acceptors (Lipinski definition) is 5. The summed E-state index contributed by atoms with van der Waals surface area (Å²) >= 11 is 0. The SMILES string of the molecule is CNc1ncc(C)c(N(CCO)Cc2ccccc2)n1. The Morgan fingerprint density at radius 3 is 2.65 bits per heavy atom. The fraction of sp³-hybridized carbons (Fsp3) is 0.333. The lowest BCUT2D eigenvalue weighted by atomic mass is 10.2. The monoisotopic (exact) mass is 272 g/mol. The molecule has 0 unspecified atom stereocenters. The van der Waals surface area contributed by atoms with E-state index in [1.54, 1.807) is 13.2 Å². The second-order valence-electron chi connectivity index (χ2n) is 4.58. The smallest absolute Gasteiger partial charge is 0.224 e. The van der Waals surface area contributed by atoms with Crippen molar-refractivity contribution in [1.29, 1.82) is 0 Å². The molecule has 0 fully saturated rings. The predicted octanol–water partition coefficient (Wildman–Crippen LogP) is 1.83. The number of benzene rings is 1. The van der Waals surface area contributed by atoms with Crippen molar-refractivity contribution < 1.29 is 5.11 Å². The Balaban J connectivity index is 2.28. The molecule has 0 amide bonds. The molecule has 0 aliphatic heterocycles. The van der Waals surface area contributed by atoms with Gasteiger partial charge in [0.05, 0.1) is 6.61 Å². The van der Waals surface area contributed by atoms with Crippen LogP contribution < -0.4 is 10.2 Å². The minimum atomic E-state index is 0.0885. The van der Waals surface area contributed by atoms with Crippen molar-refractivity contribution in [1.82, 2.24) is 9.97 Å². The molecule has 1 aromatic carbocycles. The quantitative estimate of drug-likeness (QED) is 0.840. The summed E-state index contributed by atoms with van der Waals surface area (Å²) in [5, 5.41) is 12.2. The molecule has 2 rings (SSSR count). The van der Waals surface area contributed by atoms with Crippen LogP contribution >= 0.6 is 0 Å². The highest BCUT2D eigenvalue weighted by molar-refractivity contribution is 5.49. The molecule has 1 aromatic heterocycles. The molecule has 0 aliphatic rings. The average Bonchev–Trinajstić information content (AvgIpc) is 2.48. The third-order valence-corrected chi connectivity index (χ3v) is 3.05. The minimum Gasteiger partial charge on any atom is -0.395 e. The van der Waals surface area contributed by atoms with E-state index in [0.29, 0.717) is 19.0 Å². The first kappa shape index (κ1) is 14.3. The molecule has 0 bridgehead atoms. The third-order valence-electron chi connectivity index (χ3n) is 3.05. The lowest BCUT2D eigenvalue weighted by molar-refractivity contribution is 0.301. The van der Waals surface area contributed by atoms with Crippen LogP contribution in [-0.2, 0) is 6.54 Å². The summed E-state index contributed by atoms with van der Waals surface area (Å²) in [7, 11) is 1.79. The van der Waals surface area contributed by atoms with Gasteiger partial charge in [0.1, 0.15) is 5.82 Å². The van der Waals surface area contributed by atoms with Crippen molar-refractivity contribution in [3.8, 4) is 0 Å². The Bertz CT molecular complexity index is 545. The van der Waals surface area contributed by atoms with Crippen LogP contribution in [0.4, 0.5) is 11.8 Å². The van der Waals surface area contributed by atoms with Gasteiger partial charge < -0.3 is 15.3 Å². The number of aliphatic hydroxyl groups is 1. The first-order chi connectivity index (χ1) is 9.74. The number of hydrogen-bond donors (Lipinski definition) is 2. The Kier molecular flexibility index (Phi) is 4.90. The van der Waals surface area contributed by atoms with Crippen molar-refractivity contribution in [2.24, 2.45) is 0 Å². The zero-order valence-electron chi connectivity index (χ0n) is 11.9. The summed E-state index contributed by atoms with van der Waals surface area (Å²) in [6, 6.07) is 10.2. The van der Waals surface area contributed by atoms with Crippen LogP contribution in [0.2, 0.25) is 0 Å². The van der Waals surface area contributed by atoms with E-state index in [2.05, 4.69) is 32.3 Å². The van der Waals surface area contributed by atoms with Crippen molar-refractivity contribution in [3.63, 3.8) is 0 Å². The van der Waals surface area contributed by atoms with Gasteiger partial charge in [-0.05, 0) is 12.5 Å². The van der Waals surface area contributed by atoms with Gasteiger partial charge in [-0.25, -0.2) is 4.98 Å². The summed E-state index contributed by atoms with van der Waals surface area (Å²) < 4.78 is 0. The minimum absolute atomic E-state index is 0.0885. The molecule has 106 valence electrons. The number of nitrogens with one attached hydrogen (secondary N) is 1. The molecule has 20 heavy (non-hydrogen) atoms. The second kappa shape index (κ2) is 6.86. The van der Waals surface area contributed by atoms with E-state index < -0.39 is 0 Å². The van der Waals surface area contributed by atoms with E-state index in [1.807, 2.05) is 25.1 Å². The number of rotatable bonds is 6. The van der Waals surface area contributed by atoms with Gasteiger partial charge in [0.15, 0.2) is 0 Å². The normalized spacial score (nSPS) is 10.3. The molecule has 0 spiro atoms. The van der Waals surface area contributed by atoms with Gasteiger partial charge in [-0.15, -0.1) is 0 Å². The van der Waals surface area contributed by atoms with Crippen LogP contribution in [0.5, 0.6) is 0 Å². The van der Waals surface area contributed by atoms with Crippen LogP contribution in [0.15, 0.2) is 36.5 Å². The fourth-order valence-corrected chi connectivity index (χ4v) is 2.06. The Morgan fingerprint density at radius 2 is 2.00 bits per heavy atom. The van der Waals surface area contributed by atoms with Gasteiger partial charge >= 0.3 is 0 Å². The van der Waals surface area contributed by atoms with Gasteiger partial charge in [-0.1, -0.05) is 30.3 Å². The van der Waals surface area contributed by atoms with Crippen LogP contribution in [-0.4, -0.2) is 35.3 Å². The van der Waals surface area contributed by atoms with Crippen LogP contribution in [0, 0.1) is 6.92 Å². The molecule has 0 radical (unpaired) electrons. The number of aliphatic hydroxyl groups excluding tert-OH is 1. The average molecular weight is 272 g/mol. The first-order valence-corrected chi connectivity index (χ1v) is 6.65. The fourth-order valence-electron chi connectivity index (χ4n) is 2.06. The Hall–Kier alpha value is -2.14. The summed E-state index contributed by atoms with van der Waals surface area (Å²) in [6.07, 6.45) is 1.80.